The van der Waals surface area contributed by atoms with E-state index >= 15 is 0 Å². The highest BCUT2D eigenvalue weighted by atomic mass is 35.5. The molecule has 0 radical (unpaired) electrons. The summed E-state index contributed by atoms with van der Waals surface area (Å²) < 4.78 is 12.9. The third kappa shape index (κ3) is 3.30. The fourth-order valence-electron chi connectivity index (χ4n) is 1.43. The van der Waals surface area contributed by atoms with Crippen LogP contribution in [0.2, 0.25) is 0 Å². The van der Waals surface area contributed by atoms with E-state index in [1.54, 1.807) is 6.07 Å². The molecule has 1 unspecified atom stereocenters. The number of hydrogen-bond acceptors (Lipinski definition) is 0. The molecule has 0 aliphatic carbocycles. The molecule has 0 aromatic heterocycles. The zero-order valence-corrected chi connectivity index (χ0v) is 9.44. The molecule has 0 amide bonds. The van der Waals surface area contributed by atoms with Gasteiger partial charge in [-0.15, -0.1) is 11.6 Å². The molecule has 0 spiro atoms. The first-order valence-electron chi connectivity index (χ1n) is 5.02. The van der Waals surface area contributed by atoms with E-state index in [0.717, 1.165) is 30.4 Å². The predicted molar refractivity (Wildman–Crippen MR) is 59.4 cm³/mol. The van der Waals surface area contributed by atoms with Crippen LogP contribution in [0.25, 0.3) is 0 Å². The molecule has 0 aliphatic rings. The van der Waals surface area contributed by atoms with Gasteiger partial charge in [0.1, 0.15) is 5.82 Å². The van der Waals surface area contributed by atoms with Crippen LogP contribution in [0.4, 0.5) is 4.39 Å². The fraction of sp³-hybridized carbons (Fsp3) is 0.500. The monoisotopic (exact) mass is 214 g/mol. The third-order valence-corrected chi connectivity index (χ3v) is 3.01. The molecule has 0 bridgehead atoms. The number of benzene rings is 1. The fourth-order valence-corrected chi connectivity index (χ4v) is 1.53. The molecule has 1 rings (SSSR count). The summed E-state index contributed by atoms with van der Waals surface area (Å²) in [7, 11) is 0. The van der Waals surface area contributed by atoms with E-state index in [2.05, 4.69) is 6.92 Å². The molecule has 0 fully saturated rings. The van der Waals surface area contributed by atoms with Crippen LogP contribution in [0.1, 0.15) is 30.9 Å². The van der Waals surface area contributed by atoms with E-state index in [1.807, 2.05) is 13.0 Å². The molecule has 1 aromatic carbocycles. The molecule has 0 saturated carbocycles. The number of halogens is 2. The Morgan fingerprint density at radius 3 is 2.79 bits per heavy atom. The van der Waals surface area contributed by atoms with Crippen molar-refractivity contribution in [3.63, 3.8) is 0 Å². The predicted octanol–water partition coefficient (Wildman–Crippen LogP) is 4.08. The quantitative estimate of drug-likeness (QED) is 0.663. The molecule has 1 aromatic rings. The lowest BCUT2D eigenvalue weighted by molar-refractivity contribution is 0.622. The largest absolute Gasteiger partial charge is 0.207 e. The average molecular weight is 215 g/mol. The van der Waals surface area contributed by atoms with Gasteiger partial charge in [0, 0.05) is 5.38 Å². The van der Waals surface area contributed by atoms with E-state index in [9.17, 15) is 4.39 Å². The minimum Gasteiger partial charge on any atom is -0.207 e. The van der Waals surface area contributed by atoms with Gasteiger partial charge in [-0.2, -0.15) is 0 Å². The average Bonchev–Trinajstić information content (AvgIpc) is 2.19. The van der Waals surface area contributed by atoms with Crippen molar-refractivity contribution in [3.05, 3.63) is 35.1 Å². The Morgan fingerprint density at radius 2 is 2.14 bits per heavy atom. The van der Waals surface area contributed by atoms with Gasteiger partial charge in [-0.1, -0.05) is 13.0 Å². The minimum absolute atomic E-state index is 0.159. The van der Waals surface area contributed by atoms with Crippen molar-refractivity contribution in [2.24, 2.45) is 0 Å². The number of hydrogen-bond donors (Lipinski definition) is 0. The first kappa shape index (κ1) is 11.5. The Hall–Kier alpha value is -0.560. The van der Waals surface area contributed by atoms with Gasteiger partial charge >= 0.3 is 0 Å². The Kier molecular flexibility index (Phi) is 4.40. The summed E-state index contributed by atoms with van der Waals surface area (Å²) in [6.45, 7) is 4.07. The van der Waals surface area contributed by atoms with Crippen molar-refractivity contribution in [3.8, 4) is 0 Å². The SMILES string of the molecule is CCC(Cl)CCc1cc(F)ccc1C. The van der Waals surface area contributed by atoms with Gasteiger partial charge in [0.05, 0.1) is 0 Å². The highest BCUT2D eigenvalue weighted by Crippen LogP contribution is 2.16. The van der Waals surface area contributed by atoms with Crippen molar-refractivity contribution in [2.45, 2.75) is 38.5 Å². The van der Waals surface area contributed by atoms with E-state index in [1.165, 1.54) is 6.07 Å². The molecule has 0 nitrogen and oxygen atoms in total. The van der Waals surface area contributed by atoms with Crippen LogP contribution < -0.4 is 0 Å². The van der Waals surface area contributed by atoms with Crippen molar-refractivity contribution >= 4 is 11.6 Å². The number of alkyl halides is 1. The van der Waals surface area contributed by atoms with Gasteiger partial charge in [0.15, 0.2) is 0 Å². The molecular weight excluding hydrogens is 199 g/mol. The maximum atomic E-state index is 12.9. The van der Waals surface area contributed by atoms with Crippen LogP contribution in [-0.4, -0.2) is 5.38 Å². The van der Waals surface area contributed by atoms with E-state index in [4.69, 9.17) is 11.6 Å². The van der Waals surface area contributed by atoms with Crippen LogP contribution in [0.15, 0.2) is 18.2 Å². The summed E-state index contributed by atoms with van der Waals surface area (Å²) in [4.78, 5) is 0. The van der Waals surface area contributed by atoms with Crippen LogP contribution in [0.5, 0.6) is 0 Å². The zero-order chi connectivity index (χ0) is 10.6. The molecular formula is C12H16ClF. The summed E-state index contributed by atoms with van der Waals surface area (Å²) >= 11 is 6.01. The lowest BCUT2D eigenvalue weighted by Crippen LogP contribution is -2.00. The summed E-state index contributed by atoms with van der Waals surface area (Å²) in [5.74, 6) is -0.159. The summed E-state index contributed by atoms with van der Waals surface area (Å²) in [5.41, 5.74) is 2.22. The van der Waals surface area contributed by atoms with Crippen molar-refractivity contribution in [1.29, 1.82) is 0 Å². The molecule has 14 heavy (non-hydrogen) atoms. The Balaban J connectivity index is 2.62. The van der Waals surface area contributed by atoms with E-state index in [-0.39, 0.29) is 11.2 Å². The van der Waals surface area contributed by atoms with Crippen molar-refractivity contribution in [2.75, 3.05) is 0 Å². The summed E-state index contributed by atoms with van der Waals surface area (Å²) in [6.07, 6.45) is 2.75. The number of rotatable bonds is 4. The number of aryl methyl sites for hydroxylation is 2. The lowest BCUT2D eigenvalue weighted by Gasteiger charge is -2.08. The van der Waals surface area contributed by atoms with Gasteiger partial charge < -0.3 is 0 Å². The van der Waals surface area contributed by atoms with Crippen molar-refractivity contribution in [1.82, 2.24) is 0 Å². The maximum absolute atomic E-state index is 12.9. The molecule has 0 heterocycles. The second kappa shape index (κ2) is 5.35. The van der Waals surface area contributed by atoms with Crippen LogP contribution in [0, 0.1) is 12.7 Å². The molecule has 0 N–H and O–H groups in total. The first-order chi connectivity index (χ1) is 6.63. The van der Waals surface area contributed by atoms with Crippen LogP contribution >= 0.6 is 11.6 Å². The first-order valence-corrected chi connectivity index (χ1v) is 5.46. The Labute approximate surface area is 90.1 Å². The lowest BCUT2D eigenvalue weighted by atomic mass is 10.0. The van der Waals surface area contributed by atoms with Crippen LogP contribution in [0.3, 0.4) is 0 Å². The summed E-state index contributed by atoms with van der Waals surface area (Å²) in [6, 6.07) is 4.92. The second-order valence-corrected chi connectivity index (χ2v) is 4.23. The second-order valence-electron chi connectivity index (χ2n) is 3.62. The molecule has 1 atom stereocenters. The van der Waals surface area contributed by atoms with E-state index < -0.39 is 0 Å². The normalized spacial score (nSPS) is 12.9. The van der Waals surface area contributed by atoms with Gasteiger partial charge in [0.25, 0.3) is 0 Å². The van der Waals surface area contributed by atoms with Crippen molar-refractivity contribution < 1.29 is 4.39 Å². The maximum Gasteiger partial charge on any atom is 0.123 e. The molecule has 0 aliphatic heterocycles. The smallest absolute Gasteiger partial charge is 0.123 e. The Morgan fingerprint density at radius 1 is 1.43 bits per heavy atom. The van der Waals surface area contributed by atoms with Gasteiger partial charge in [-0.25, -0.2) is 4.39 Å². The van der Waals surface area contributed by atoms with Crippen LogP contribution in [-0.2, 0) is 6.42 Å². The topological polar surface area (TPSA) is 0 Å². The zero-order valence-electron chi connectivity index (χ0n) is 8.69. The molecule has 0 saturated heterocycles. The Bertz CT molecular complexity index is 296. The van der Waals surface area contributed by atoms with E-state index in [0.29, 0.717) is 0 Å². The van der Waals surface area contributed by atoms with Gasteiger partial charge in [0.2, 0.25) is 0 Å². The van der Waals surface area contributed by atoms with Gasteiger partial charge in [-0.05, 0) is 49.4 Å². The third-order valence-electron chi connectivity index (χ3n) is 2.48. The molecule has 78 valence electrons. The highest BCUT2D eigenvalue weighted by molar-refractivity contribution is 6.20. The molecule has 2 heteroatoms. The standard InChI is InChI=1S/C12H16ClF/c1-3-11(13)6-5-10-8-12(14)7-4-9(10)2/h4,7-8,11H,3,5-6H2,1-2H3. The van der Waals surface area contributed by atoms with Gasteiger partial charge in [-0.3, -0.25) is 0 Å². The summed E-state index contributed by atoms with van der Waals surface area (Å²) in [5, 5.41) is 0.206. The highest BCUT2D eigenvalue weighted by Gasteiger charge is 2.04. The minimum atomic E-state index is -0.159.